The van der Waals surface area contributed by atoms with Gasteiger partial charge in [0.15, 0.2) is 0 Å². The highest BCUT2D eigenvalue weighted by Crippen LogP contribution is 2.39. The summed E-state index contributed by atoms with van der Waals surface area (Å²) in [4.78, 5) is 2.29. The van der Waals surface area contributed by atoms with Crippen LogP contribution in [-0.2, 0) is 6.42 Å². The minimum atomic E-state index is 0.0241. The van der Waals surface area contributed by atoms with Crippen molar-refractivity contribution in [2.75, 3.05) is 27.2 Å². The fraction of sp³-hybridized carbons (Fsp3) is 0.647. The predicted octanol–water partition coefficient (Wildman–Crippen LogP) is 3.00. The van der Waals surface area contributed by atoms with Gasteiger partial charge in [-0.1, -0.05) is 25.1 Å². The molecular formula is C17H28N2O. The lowest BCUT2D eigenvalue weighted by Crippen LogP contribution is -2.49. The lowest BCUT2D eigenvalue weighted by molar-refractivity contribution is 0.136. The summed E-state index contributed by atoms with van der Waals surface area (Å²) in [5.74, 6) is 1.11. The van der Waals surface area contributed by atoms with E-state index in [-0.39, 0.29) is 11.6 Å². The first-order valence-corrected chi connectivity index (χ1v) is 7.64. The number of hydrogen-bond acceptors (Lipinski definition) is 3. The van der Waals surface area contributed by atoms with E-state index in [1.165, 1.54) is 11.1 Å². The molecule has 3 nitrogen and oxygen atoms in total. The minimum Gasteiger partial charge on any atom is -0.493 e. The normalized spacial score (nSPS) is 16.1. The fourth-order valence-corrected chi connectivity index (χ4v) is 2.76. The Morgan fingerprint density at radius 3 is 2.75 bits per heavy atom. The molecule has 1 aromatic carbocycles. The third-order valence-electron chi connectivity index (χ3n) is 4.51. The quantitative estimate of drug-likeness (QED) is 0.864. The van der Waals surface area contributed by atoms with Crippen LogP contribution in [0.2, 0.25) is 0 Å². The van der Waals surface area contributed by atoms with Gasteiger partial charge in [-0.25, -0.2) is 0 Å². The van der Waals surface area contributed by atoms with Crippen molar-refractivity contribution in [2.45, 2.75) is 45.2 Å². The number of fused-ring (bicyclic) bond motifs is 1. The number of nitrogens with zero attached hydrogens (tertiary/aromatic N) is 1. The number of para-hydroxylation sites is 1. The first-order chi connectivity index (χ1) is 9.48. The molecule has 1 aromatic rings. The summed E-state index contributed by atoms with van der Waals surface area (Å²) in [5.41, 5.74) is 2.67. The number of ether oxygens (including phenoxy) is 1. The Balaban J connectivity index is 2.39. The van der Waals surface area contributed by atoms with E-state index in [4.69, 9.17) is 4.74 Å². The van der Waals surface area contributed by atoms with Crippen LogP contribution >= 0.6 is 0 Å². The number of rotatable bonds is 6. The van der Waals surface area contributed by atoms with E-state index < -0.39 is 0 Å². The van der Waals surface area contributed by atoms with Crippen LogP contribution in [0.5, 0.6) is 5.75 Å². The van der Waals surface area contributed by atoms with Crippen LogP contribution in [0.1, 0.15) is 44.4 Å². The van der Waals surface area contributed by atoms with E-state index in [0.717, 1.165) is 31.7 Å². The zero-order chi connectivity index (χ0) is 14.8. The molecule has 2 rings (SSSR count). The summed E-state index contributed by atoms with van der Waals surface area (Å²) in [7, 11) is 4.29. The Bertz CT molecular complexity index is 454. The van der Waals surface area contributed by atoms with Gasteiger partial charge in [0.2, 0.25) is 0 Å². The molecule has 1 atom stereocenters. The molecule has 0 aliphatic carbocycles. The van der Waals surface area contributed by atoms with Crippen LogP contribution in [0.15, 0.2) is 18.2 Å². The summed E-state index contributed by atoms with van der Waals surface area (Å²) < 4.78 is 5.91. The Kier molecular flexibility index (Phi) is 4.71. The molecular weight excluding hydrogens is 248 g/mol. The molecule has 0 saturated heterocycles. The summed E-state index contributed by atoms with van der Waals surface area (Å²) in [6, 6.07) is 6.83. The molecule has 1 aliphatic rings. The highest BCUT2D eigenvalue weighted by molar-refractivity contribution is 5.46. The van der Waals surface area contributed by atoms with Gasteiger partial charge >= 0.3 is 0 Å². The van der Waals surface area contributed by atoms with Crippen LogP contribution in [-0.4, -0.2) is 37.7 Å². The van der Waals surface area contributed by atoms with Crippen molar-refractivity contribution in [2.24, 2.45) is 0 Å². The number of nitrogens with one attached hydrogen (secondary N) is 1. The van der Waals surface area contributed by atoms with E-state index in [9.17, 15) is 0 Å². The molecule has 0 radical (unpaired) electrons. The SMILES string of the molecule is CCCNC(c1cccc2c1OCC2)C(C)(C)N(C)C. The van der Waals surface area contributed by atoms with Crippen molar-refractivity contribution in [1.82, 2.24) is 10.2 Å². The van der Waals surface area contributed by atoms with Crippen LogP contribution in [0.4, 0.5) is 0 Å². The lowest BCUT2D eigenvalue weighted by Gasteiger charge is -2.41. The highest BCUT2D eigenvalue weighted by atomic mass is 16.5. The summed E-state index contributed by atoms with van der Waals surface area (Å²) >= 11 is 0. The van der Waals surface area contributed by atoms with Gasteiger partial charge in [0, 0.05) is 17.5 Å². The Morgan fingerprint density at radius 2 is 2.10 bits per heavy atom. The van der Waals surface area contributed by atoms with Crippen LogP contribution in [0, 0.1) is 0 Å². The molecule has 0 aromatic heterocycles. The largest absolute Gasteiger partial charge is 0.493 e. The molecule has 3 heteroatoms. The average molecular weight is 276 g/mol. The van der Waals surface area contributed by atoms with E-state index in [1.807, 2.05) is 0 Å². The predicted molar refractivity (Wildman–Crippen MR) is 84.4 cm³/mol. The van der Waals surface area contributed by atoms with Crippen molar-refractivity contribution in [3.8, 4) is 5.75 Å². The van der Waals surface area contributed by atoms with Crippen molar-refractivity contribution in [3.63, 3.8) is 0 Å². The summed E-state index contributed by atoms with van der Waals surface area (Å²) in [6.07, 6.45) is 2.17. The maximum Gasteiger partial charge on any atom is 0.127 e. The average Bonchev–Trinajstić information content (AvgIpc) is 2.87. The van der Waals surface area contributed by atoms with E-state index in [2.05, 4.69) is 63.3 Å². The first-order valence-electron chi connectivity index (χ1n) is 7.64. The van der Waals surface area contributed by atoms with E-state index >= 15 is 0 Å². The maximum atomic E-state index is 5.91. The third kappa shape index (κ3) is 2.84. The van der Waals surface area contributed by atoms with Gasteiger partial charge in [-0.15, -0.1) is 0 Å². The minimum absolute atomic E-state index is 0.0241. The van der Waals surface area contributed by atoms with E-state index in [1.54, 1.807) is 0 Å². The summed E-state index contributed by atoms with van der Waals surface area (Å²) in [6.45, 7) is 8.61. The highest BCUT2D eigenvalue weighted by Gasteiger charge is 2.35. The standard InChI is InChI=1S/C17H28N2O/c1-6-11-18-16(17(2,3)19(4)5)14-9-7-8-13-10-12-20-15(13)14/h7-9,16,18H,6,10-12H2,1-5H3. The lowest BCUT2D eigenvalue weighted by atomic mass is 9.86. The zero-order valence-electron chi connectivity index (χ0n) is 13.5. The van der Waals surface area contributed by atoms with Gasteiger partial charge in [-0.2, -0.15) is 0 Å². The van der Waals surface area contributed by atoms with Gasteiger partial charge in [0.25, 0.3) is 0 Å². The summed E-state index contributed by atoms with van der Waals surface area (Å²) in [5, 5.41) is 3.72. The van der Waals surface area contributed by atoms with Gasteiger partial charge in [0.1, 0.15) is 5.75 Å². The van der Waals surface area contributed by atoms with Crippen molar-refractivity contribution >= 4 is 0 Å². The zero-order valence-corrected chi connectivity index (χ0v) is 13.5. The number of likely N-dealkylation sites (N-methyl/N-ethyl adjacent to an activating group) is 1. The Labute approximate surface area is 123 Å². The third-order valence-corrected chi connectivity index (χ3v) is 4.51. The molecule has 1 aliphatic heterocycles. The fourth-order valence-electron chi connectivity index (χ4n) is 2.76. The Morgan fingerprint density at radius 1 is 1.35 bits per heavy atom. The molecule has 0 bridgehead atoms. The Hall–Kier alpha value is -1.06. The van der Waals surface area contributed by atoms with Crippen molar-refractivity contribution in [3.05, 3.63) is 29.3 Å². The maximum absolute atomic E-state index is 5.91. The molecule has 0 amide bonds. The smallest absolute Gasteiger partial charge is 0.127 e. The first kappa shape index (κ1) is 15.3. The molecule has 1 unspecified atom stereocenters. The molecule has 1 heterocycles. The number of hydrogen-bond donors (Lipinski definition) is 1. The molecule has 0 saturated carbocycles. The second kappa shape index (κ2) is 6.15. The van der Waals surface area contributed by atoms with Crippen LogP contribution in [0.25, 0.3) is 0 Å². The topological polar surface area (TPSA) is 24.5 Å². The van der Waals surface area contributed by atoms with E-state index in [0.29, 0.717) is 0 Å². The van der Waals surface area contributed by atoms with Crippen molar-refractivity contribution < 1.29 is 4.74 Å². The molecule has 20 heavy (non-hydrogen) atoms. The van der Waals surface area contributed by atoms with Crippen molar-refractivity contribution in [1.29, 1.82) is 0 Å². The monoisotopic (exact) mass is 276 g/mol. The molecule has 0 fully saturated rings. The van der Waals surface area contributed by atoms with Crippen LogP contribution < -0.4 is 10.1 Å². The molecule has 1 N–H and O–H groups in total. The second-order valence-corrected chi connectivity index (χ2v) is 6.37. The van der Waals surface area contributed by atoms with Gasteiger partial charge in [-0.05, 0) is 46.5 Å². The second-order valence-electron chi connectivity index (χ2n) is 6.37. The molecule has 0 spiro atoms. The van der Waals surface area contributed by atoms with Gasteiger partial charge in [0.05, 0.1) is 12.6 Å². The van der Waals surface area contributed by atoms with Gasteiger partial charge < -0.3 is 15.0 Å². The molecule has 112 valence electrons. The van der Waals surface area contributed by atoms with Gasteiger partial charge in [-0.3, -0.25) is 0 Å². The number of benzene rings is 1. The van der Waals surface area contributed by atoms with Crippen LogP contribution in [0.3, 0.4) is 0 Å².